The number of fused-ring (bicyclic) bond motifs is 9. The lowest BCUT2D eigenvalue weighted by atomic mass is 9.81. The monoisotopic (exact) mass is 571 g/mol. The number of hydrogen-bond donors (Lipinski definition) is 0. The Morgan fingerprint density at radius 1 is 0.381 bits per heavy atom. The fourth-order valence-electron chi connectivity index (χ4n) is 7.51. The van der Waals surface area contributed by atoms with Gasteiger partial charge in [-0.05, 0) is 82.3 Å². The van der Waals surface area contributed by atoms with Crippen LogP contribution in [0, 0.1) is 26.7 Å². The van der Waals surface area contributed by atoms with E-state index in [2.05, 4.69) is 130 Å². The number of thiophene rings is 2. The summed E-state index contributed by atoms with van der Waals surface area (Å²) in [5.41, 5.74) is 10.9. The number of rotatable bonds is 2. The fourth-order valence-corrected chi connectivity index (χ4v) is 10.1. The van der Waals surface area contributed by atoms with Gasteiger partial charge in [0.1, 0.15) is 0 Å². The Kier molecular flexibility index (Phi) is 5.15. The fraction of sp³-hybridized carbons (Fsp3) is 0.0750. The topological polar surface area (TPSA) is 0 Å². The zero-order valence-electron chi connectivity index (χ0n) is 23.7. The van der Waals surface area contributed by atoms with Crippen LogP contribution in [0.2, 0.25) is 0 Å². The van der Waals surface area contributed by atoms with E-state index >= 15 is 0 Å². The summed E-state index contributed by atoms with van der Waals surface area (Å²) in [6.45, 7) is 6.74. The molecule has 0 unspecified atom stereocenters. The highest BCUT2D eigenvalue weighted by molar-refractivity contribution is 7.23. The van der Waals surface area contributed by atoms with Crippen molar-refractivity contribution in [2.75, 3.05) is 0 Å². The van der Waals surface area contributed by atoms with Gasteiger partial charge < -0.3 is 0 Å². The van der Waals surface area contributed by atoms with Crippen molar-refractivity contribution in [3.63, 3.8) is 0 Å². The van der Waals surface area contributed by atoms with E-state index in [1.807, 2.05) is 22.7 Å². The highest BCUT2D eigenvalue weighted by Gasteiger charge is 2.39. The third-order valence-electron chi connectivity index (χ3n) is 9.00. The van der Waals surface area contributed by atoms with Crippen molar-refractivity contribution in [1.29, 1.82) is 0 Å². The minimum atomic E-state index is 1.31. The number of aryl methyl sites for hydroxylation is 3. The SMILES string of the molecule is Cc1cc(C)c(-c2c3ccccc3c([C]3c4sc5ccccc5c4-c4c3sc3ccccc43)c3ccccc23)c(C)c1. The van der Waals surface area contributed by atoms with Gasteiger partial charge in [-0.1, -0.05) is 103 Å². The molecule has 199 valence electrons. The van der Waals surface area contributed by atoms with Crippen LogP contribution in [-0.2, 0) is 0 Å². The molecule has 0 saturated carbocycles. The molecule has 6 aromatic carbocycles. The van der Waals surface area contributed by atoms with Crippen LogP contribution in [0.25, 0.3) is 64.0 Å². The molecule has 1 aliphatic rings. The molecule has 1 radical (unpaired) electrons. The van der Waals surface area contributed by atoms with Crippen LogP contribution in [0.4, 0.5) is 0 Å². The summed E-state index contributed by atoms with van der Waals surface area (Å²) in [4.78, 5) is 2.82. The zero-order chi connectivity index (χ0) is 28.1. The second kappa shape index (κ2) is 8.88. The summed E-state index contributed by atoms with van der Waals surface area (Å²) in [5, 5.41) is 8.04. The third kappa shape index (κ3) is 3.22. The van der Waals surface area contributed by atoms with Gasteiger partial charge in [0.25, 0.3) is 0 Å². The molecule has 0 N–H and O–H groups in total. The second-order valence-electron chi connectivity index (χ2n) is 11.6. The molecule has 9 rings (SSSR count). The molecule has 0 spiro atoms. The molecule has 8 aromatic rings. The Labute approximate surface area is 253 Å². The van der Waals surface area contributed by atoms with Gasteiger partial charge in [0.05, 0.1) is 5.92 Å². The van der Waals surface area contributed by atoms with Gasteiger partial charge in [0.2, 0.25) is 0 Å². The van der Waals surface area contributed by atoms with Gasteiger partial charge in [0, 0.05) is 41.1 Å². The average molecular weight is 572 g/mol. The molecule has 2 heteroatoms. The first-order valence-electron chi connectivity index (χ1n) is 14.5. The van der Waals surface area contributed by atoms with Gasteiger partial charge >= 0.3 is 0 Å². The lowest BCUT2D eigenvalue weighted by Gasteiger charge is -2.22. The molecular formula is C40H27S2. The number of hydrogen-bond acceptors (Lipinski definition) is 2. The minimum absolute atomic E-state index is 1.31. The first-order chi connectivity index (χ1) is 20.6. The van der Waals surface area contributed by atoms with E-state index in [0.717, 1.165) is 0 Å². The van der Waals surface area contributed by atoms with Crippen LogP contribution in [0.3, 0.4) is 0 Å². The lowest BCUT2D eigenvalue weighted by Crippen LogP contribution is -2.02. The van der Waals surface area contributed by atoms with Crippen LogP contribution in [0.1, 0.15) is 32.0 Å². The smallest absolute Gasteiger partial charge is 0.0858 e. The summed E-state index contributed by atoms with van der Waals surface area (Å²) in [5.74, 6) is 1.40. The first kappa shape index (κ1) is 24.4. The minimum Gasteiger partial charge on any atom is -0.138 e. The first-order valence-corrected chi connectivity index (χ1v) is 16.2. The van der Waals surface area contributed by atoms with Crippen molar-refractivity contribution in [2.45, 2.75) is 20.8 Å². The molecule has 42 heavy (non-hydrogen) atoms. The zero-order valence-corrected chi connectivity index (χ0v) is 25.3. The second-order valence-corrected chi connectivity index (χ2v) is 13.7. The predicted octanol–water partition coefficient (Wildman–Crippen LogP) is 12.0. The standard InChI is InChI=1S/C40H27S2/c1-22-20-23(2)33(24(3)21-22)34-25-12-4-6-14-27(25)35(28-15-7-5-13-26(28)34)38-39-36(29-16-8-10-18-31(29)41-39)37-30-17-9-11-19-32(30)42-40(37)38/h4-21H,1-3H3. The summed E-state index contributed by atoms with van der Waals surface area (Å²) < 4.78 is 2.72. The molecule has 0 aliphatic heterocycles. The summed E-state index contributed by atoms with van der Waals surface area (Å²) >= 11 is 3.91. The Balaban J connectivity index is 1.47. The van der Waals surface area contributed by atoms with Gasteiger partial charge in [-0.25, -0.2) is 0 Å². The van der Waals surface area contributed by atoms with Crippen molar-refractivity contribution in [1.82, 2.24) is 0 Å². The maximum atomic E-state index is 2.35. The molecular weight excluding hydrogens is 545 g/mol. The maximum absolute atomic E-state index is 2.35. The molecule has 2 aromatic heterocycles. The van der Waals surface area contributed by atoms with E-state index in [9.17, 15) is 0 Å². The Hall–Kier alpha value is -4.24. The molecule has 0 fully saturated rings. The maximum Gasteiger partial charge on any atom is 0.0858 e. The molecule has 0 amide bonds. The molecule has 0 atom stereocenters. The van der Waals surface area contributed by atoms with Crippen molar-refractivity contribution in [3.05, 3.63) is 147 Å². The van der Waals surface area contributed by atoms with Crippen molar-refractivity contribution >= 4 is 64.4 Å². The number of benzene rings is 6. The Bertz CT molecular complexity index is 2240. The van der Waals surface area contributed by atoms with Crippen LogP contribution in [-0.4, -0.2) is 0 Å². The summed E-state index contributed by atoms with van der Waals surface area (Å²) in [6.07, 6.45) is 0. The van der Waals surface area contributed by atoms with Gasteiger partial charge in [-0.15, -0.1) is 22.7 Å². The molecule has 2 heterocycles. The van der Waals surface area contributed by atoms with E-state index < -0.39 is 0 Å². The average Bonchev–Trinajstić information content (AvgIpc) is 3.64. The van der Waals surface area contributed by atoms with E-state index in [1.165, 1.54) is 102 Å². The molecule has 0 bridgehead atoms. The van der Waals surface area contributed by atoms with E-state index in [0.29, 0.717) is 0 Å². The van der Waals surface area contributed by atoms with Gasteiger partial charge in [0.15, 0.2) is 0 Å². The van der Waals surface area contributed by atoms with Crippen molar-refractivity contribution in [3.8, 4) is 22.3 Å². The summed E-state index contributed by atoms with van der Waals surface area (Å²) in [6, 6.07) is 40.8. The molecule has 1 aliphatic carbocycles. The highest BCUT2D eigenvalue weighted by Crippen LogP contribution is 2.61. The van der Waals surface area contributed by atoms with E-state index in [1.54, 1.807) is 0 Å². The Morgan fingerprint density at radius 3 is 1.21 bits per heavy atom. The lowest BCUT2D eigenvalue weighted by molar-refractivity contribution is 1.33. The van der Waals surface area contributed by atoms with E-state index in [4.69, 9.17) is 0 Å². The van der Waals surface area contributed by atoms with Crippen LogP contribution in [0.15, 0.2) is 109 Å². The van der Waals surface area contributed by atoms with Gasteiger partial charge in [-0.3, -0.25) is 0 Å². The van der Waals surface area contributed by atoms with Crippen LogP contribution < -0.4 is 0 Å². The largest absolute Gasteiger partial charge is 0.138 e. The summed E-state index contributed by atoms with van der Waals surface area (Å²) in [7, 11) is 0. The Morgan fingerprint density at radius 2 is 0.762 bits per heavy atom. The predicted molar refractivity (Wildman–Crippen MR) is 184 cm³/mol. The molecule has 0 nitrogen and oxygen atoms in total. The van der Waals surface area contributed by atoms with Crippen LogP contribution >= 0.6 is 22.7 Å². The highest BCUT2D eigenvalue weighted by atomic mass is 32.1. The van der Waals surface area contributed by atoms with Crippen molar-refractivity contribution < 1.29 is 0 Å². The quantitative estimate of drug-likeness (QED) is 0.181. The van der Waals surface area contributed by atoms with E-state index in [-0.39, 0.29) is 0 Å². The molecule has 0 saturated heterocycles. The third-order valence-corrected chi connectivity index (χ3v) is 11.4. The van der Waals surface area contributed by atoms with Crippen molar-refractivity contribution in [2.24, 2.45) is 0 Å². The van der Waals surface area contributed by atoms with Gasteiger partial charge in [-0.2, -0.15) is 0 Å². The van der Waals surface area contributed by atoms with Crippen LogP contribution in [0.5, 0.6) is 0 Å². The normalized spacial score (nSPS) is 13.0.